The number of hydrogen-bond donors (Lipinski definition) is 6. The van der Waals surface area contributed by atoms with Crippen LogP contribution in [0, 0.1) is 17.8 Å². The summed E-state index contributed by atoms with van der Waals surface area (Å²) in [6.45, 7) is 16.9. The summed E-state index contributed by atoms with van der Waals surface area (Å²) in [4.78, 5) is 30.6. The average molecular weight is 922 g/mol. The molecule has 0 saturated carbocycles. The molecule has 19 heteroatoms. The number of aliphatic hydroxyl groups excluding tert-OH is 3. The van der Waals surface area contributed by atoms with Crippen LogP contribution >= 0.6 is 0 Å². The number of urea groups is 1. The highest BCUT2D eigenvalue weighted by Crippen LogP contribution is 2.40. The highest BCUT2D eigenvalue weighted by atomic mass is 19.4. The Kier molecular flexibility index (Phi) is 17.8. The van der Waals surface area contributed by atoms with Gasteiger partial charge in [-0.15, -0.1) is 0 Å². The third-order valence-electron chi connectivity index (χ3n) is 13.7. The Balaban J connectivity index is 1.76. The number of carbonyl (C=O) groups is 2. The fourth-order valence-electron chi connectivity index (χ4n) is 9.60. The van der Waals surface area contributed by atoms with Gasteiger partial charge in [-0.25, -0.2) is 4.79 Å². The van der Waals surface area contributed by atoms with Crippen molar-refractivity contribution in [1.82, 2.24) is 10.2 Å². The molecule has 64 heavy (non-hydrogen) atoms. The van der Waals surface area contributed by atoms with Crippen LogP contribution in [0.3, 0.4) is 0 Å². The van der Waals surface area contributed by atoms with E-state index in [4.69, 9.17) is 28.4 Å². The van der Waals surface area contributed by atoms with Gasteiger partial charge >= 0.3 is 18.2 Å². The molecule has 3 heterocycles. The summed E-state index contributed by atoms with van der Waals surface area (Å²) < 4.78 is 77.3. The summed E-state index contributed by atoms with van der Waals surface area (Å²) in [6, 6.07) is 1.85. The first-order valence-electron chi connectivity index (χ1n) is 22.3. The van der Waals surface area contributed by atoms with Crippen molar-refractivity contribution in [3.63, 3.8) is 0 Å². The number of aliphatic hydroxyl groups is 5. The quantitative estimate of drug-likeness (QED) is 0.202. The van der Waals surface area contributed by atoms with Gasteiger partial charge in [0.1, 0.15) is 30.0 Å². The monoisotopic (exact) mass is 922 g/mol. The molecule has 0 spiro atoms. The van der Waals surface area contributed by atoms with Crippen LogP contribution in [0.25, 0.3) is 0 Å². The Hall–Kier alpha value is -2.69. The summed E-state index contributed by atoms with van der Waals surface area (Å²) in [5.41, 5.74) is -5.45. The van der Waals surface area contributed by atoms with Crippen LogP contribution in [-0.2, 0) is 39.4 Å². The van der Waals surface area contributed by atoms with E-state index in [2.05, 4.69) is 5.32 Å². The number of likely N-dealkylation sites (N-methyl/N-ethyl adjacent to an activating group) is 1. The number of methoxy groups -OCH3 is 1. The lowest BCUT2D eigenvalue weighted by molar-refractivity contribution is -0.317. The van der Waals surface area contributed by atoms with Gasteiger partial charge in [0.2, 0.25) is 0 Å². The van der Waals surface area contributed by atoms with E-state index in [9.17, 15) is 48.3 Å². The number of benzene rings is 1. The van der Waals surface area contributed by atoms with Gasteiger partial charge in [-0.3, -0.25) is 9.69 Å². The first kappa shape index (κ1) is 53.9. The fraction of sp³-hybridized carbons (Fsp3) is 0.822. The molecule has 3 saturated heterocycles. The van der Waals surface area contributed by atoms with Gasteiger partial charge in [0.25, 0.3) is 0 Å². The molecule has 0 unspecified atom stereocenters. The van der Waals surface area contributed by atoms with Crippen LogP contribution in [0.5, 0.6) is 0 Å². The number of rotatable bonds is 8. The molecule has 3 fully saturated rings. The normalized spacial score (nSPS) is 42.2. The lowest BCUT2D eigenvalue weighted by Gasteiger charge is -2.49. The second-order valence-corrected chi connectivity index (χ2v) is 19.2. The Morgan fingerprint density at radius 2 is 1.55 bits per heavy atom. The number of hydrogen-bond acceptors (Lipinski definition) is 14. The molecular weight excluding hydrogens is 847 g/mol. The number of halogens is 3. The summed E-state index contributed by atoms with van der Waals surface area (Å²) >= 11 is 0. The second-order valence-electron chi connectivity index (χ2n) is 19.2. The maximum Gasteiger partial charge on any atom is 0.416 e. The van der Waals surface area contributed by atoms with E-state index in [1.807, 2.05) is 6.92 Å². The number of amides is 2. The van der Waals surface area contributed by atoms with Crippen molar-refractivity contribution < 1.29 is 76.7 Å². The van der Waals surface area contributed by atoms with E-state index in [0.717, 1.165) is 17.0 Å². The van der Waals surface area contributed by atoms with Crippen LogP contribution in [0.1, 0.15) is 100 Å². The SMILES string of the molecule is CC[C@H]1OC(=O)[C@H](C)[C@@H](O[C@H]2C[C@@](C)(OC)[C@@H](O)[C@H](C)O2)[C@H](C)[C@@H](O[C@@H]2O[C@H](C)C[C@H](N(C)C(=O)N(C)c3ccc(C(F)(F)F)cc3)[C@H]2O)[C@](C)(O)C[C@@H](C)CN[C@H](C)[C@@H](O)[C@]1(C)O. The molecule has 0 aliphatic carbocycles. The van der Waals surface area contributed by atoms with Crippen molar-refractivity contribution in [2.24, 2.45) is 17.8 Å². The average Bonchev–Trinajstić information content (AvgIpc) is 3.23. The fourth-order valence-corrected chi connectivity index (χ4v) is 9.60. The topological polar surface area (TPSA) is 209 Å². The molecule has 0 radical (unpaired) electrons. The van der Waals surface area contributed by atoms with E-state index >= 15 is 0 Å². The summed E-state index contributed by atoms with van der Waals surface area (Å²) in [5.74, 6) is -3.18. The van der Waals surface area contributed by atoms with Crippen molar-refractivity contribution in [1.29, 1.82) is 0 Å². The van der Waals surface area contributed by atoms with Crippen LogP contribution in [0.15, 0.2) is 24.3 Å². The van der Waals surface area contributed by atoms with Gasteiger partial charge in [-0.1, -0.05) is 20.8 Å². The van der Waals surface area contributed by atoms with E-state index in [1.165, 1.54) is 45.2 Å². The molecule has 16 nitrogen and oxygen atoms in total. The van der Waals surface area contributed by atoms with Crippen LogP contribution in [-0.4, -0.2) is 160 Å². The predicted molar refractivity (Wildman–Crippen MR) is 229 cm³/mol. The zero-order chi connectivity index (χ0) is 48.4. The highest BCUT2D eigenvalue weighted by Gasteiger charge is 2.53. The first-order valence-corrected chi connectivity index (χ1v) is 22.3. The minimum absolute atomic E-state index is 0.0336. The van der Waals surface area contributed by atoms with Crippen molar-refractivity contribution in [3.05, 3.63) is 29.8 Å². The van der Waals surface area contributed by atoms with E-state index in [1.54, 1.807) is 55.4 Å². The van der Waals surface area contributed by atoms with Gasteiger partial charge < -0.3 is 64.2 Å². The molecule has 6 N–H and O–H groups in total. The van der Waals surface area contributed by atoms with Crippen LogP contribution in [0.4, 0.5) is 23.7 Å². The molecular formula is C45H74F3N3O13. The van der Waals surface area contributed by atoms with E-state index in [-0.39, 0.29) is 43.8 Å². The molecule has 4 rings (SSSR count). The number of anilines is 1. The first-order chi connectivity index (χ1) is 29.5. The lowest BCUT2D eigenvalue weighted by atomic mass is 9.77. The summed E-state index contributed by atoms with van der Waals surface area (Å²) in [5, 5.41) is 62.0. The number of cyclic esters (lactones) is 1. The standard InChI is InChI=1S/C45H74F3N3O13/c1-14-32-44(10,58)36(53)27(6)49-22-23(2)20-42(8,57)38(25(4)35(26(5)39(55)62-32)63-33-21-43(9,59-13)37(54)28(7)61-33)64-40-34(52)31(19-24(3)60-40)51(12)41(56)50(11)30-17-15-29(16-18-30)45(46,47)48/h15-18,23-28,31-38,40,49,52-54,57-58H,14,19-22H2,1-13H3/t23-,24-,25+,26-,27-,28+,31+,32-,33+,34-,35+,36-,37+,38-,40+,42-,43-,44-/m1/s1. The molecule has 1 aromatic carbocycles. The van der Waals surface area contributed by atoms with Gasteiger partial charge in [0, 0.05) is 45.3 Å². The Morgan fingerprint density at radius 1 is 0.938 bits per heavy atom. The van der Waals surface area contributed by atoms with Crippen molar-refractivity contribution in [3.8, 4) is 0 Å². The van der Waals surface area contributed by atoms with Crippen LogP contribution in [0.2, 0.25) is 0 Å². The number of carbonyl (C=O) groups excluding carboxylic acids is 2. The summed E-state index contributed by atoms with van der Waals surface area (Å²) in [6.07, 6.45) is -15.6. The van der Waals surface area contributed by atoms with Gasteiger partial charge in [0.15, 0.2) is 12.6 Å². The maximum absolute atomic E-state index is 14.3. The zero-order valence-electron chi connectivity index (χ0n) is 39.5. The van der Waals surface area contributed by atoms with E-state index in [0.29, 0.717) is 0 Å². The molecule has 3 aliphatic heterocycles. The molecule has 0 bridgehead atoms. The Labute approximate surface area is 375 Å². The lowest BCUT2D eigenvalue weighted by Crippen LogP contribution is -2.61. The Bertz CT molecular complexity index is 1690. The van der Waals surface area contributed by atoms with Crippen molar-refractivity contribution in [2.75, 3.05) is 32.6 Å². The van der Waals surface area contributed by atoms with E-state index < -0.39 is 126 Å². The largest absolute Gasteiger partial charge is 0.459 e. The molecule has 18 atom stereocenters. The van der Waals surface area contributed by atoms with Crippen molar-refractivity contribution in [2.45, 2.75) is 191 Å². The van der Waals surface area contributed by atoms with Crippen molar-refractivity contribution >= 4 is 17.7 Å². The minimum atomic E-state index is -4.56. The minimum Gasteiger partial charge on any atom is -0.459 e. The third-order valence-corrected chi connectivity index (χ3v) is 13.7. The number of alkyl halides is 3. The van der Waals surface area contributed by atoms with Gasteiger partial charge in [-0.05, 0) is 104 Å². The number of nitrogens with zero attached hydrogens (tertiary/aromatic N) is 2. The summed E-state index contributed by atoms with van der Waals surface area (Å²) in [7, 11) is 4.31. The maximum atomic E-state index is 14.3. The number of ether oxygens (including phenoxy) is 6. The van der Waals surface area contributed by atoms with Gasteiger partial charge in [-0.2, -0.15) is 13.2 Å². The highest BCUT2D eigenvalue weighted by molar-refractivity contribution is 5.91. The molecule has 2 amide bonds. The Morgan fingerprint density at radius 3 is 2.11 bits per heavy atom. The molecule has 3 aliphatic rings. The zero-order valence-corrected chi connectivity index (χ0v) is 39.5. The van der Waals surface area contributed by atoms with Gasteiger partial charge in [0.05, 0.1) is 53.1 Å². The smallest absolute Gasteiger partial charge is 0.416 e. The number of nitrogens with one attached hydrogen (secondary N) is 1. The second kappa shape index (κ2) is 21.1. The number of esters is 1. The molecule has 1 aromatic rings. The van der Waals surface area contributed by atoms with Crippen LogP contribution < -0.4 is 10.2 Å². The third kappa shape index (κ3) is 12.1. The predicted octanol–water partition coefficient (Wildman–Crippen LogP) is 4.20. The molecule has 368 valence electrons. The molecule has 0 aromatic heterocycles.